The summed E-state index contributed by atoms with van der Waals surface area (Å²) in [5, 5.41) is 0. The Labute approximate surface area is 82.2 Å². The third-order valence-corrected chi connectivity index (χ3v) is 1.99. The molecule has 0 aliphatic heterocycles. The number of nitrogens with zero attached hydrogens (tertiary/aromatic N) is 2. The normalized spacial score (nSPS) is 11.9. The van der Waals surface area contributed by atoms with Gasteiger partial charge < -0.3 is 0 Å². The quantitative estimate of drug-likeness (QED) is 0.682. The van der Waals surface area contributed by atoms with E-state index in [4.69, 9.17) is 0 Å². The molecule has 0 saturated heterocycles. The van der Waals surface area contributed by atoms with E-state index in [0.29, 0.717) is 6.29 Å². The molecule has 0 aliphatic carbocycles. The molecule has 0 N–H and O–H groups in total. The van der Waals surface area contributed by atoms with Gasteiger partial charge in [-0.3, -0.25) is 9.20 Å². The zero-order chi connectivity index (χ0) is 11.1. The van der Waals surface area contributed by atoms with Crippen LogP contribution in [0.2, 0.25) is 0 Å². The summed E-state index contributed by atoms with van der Waals surface area (Å²) in [5.41, 5.74) is -0.455. The van der Waals surface area contributed by atoms with Crippen LogP contribution in [0.25, 0.3) is 5.65 Å². The molecule has 0 unspecified atom stereocenters. The minimum absolute atomic E-state index is 0.104. The van der Waals surface area contributed by atoms with Crippen LogP contribution in [0.1, 0.15) is 16.1 Å². The van der Waals surface area contributed by atoms with E-state index in [1.54, 1.807) is 0 Å². The number of hydrogen-bond donors (Lipinski definition) is 0. The number of carbonyl (C=O) groups is 1. The molecule has 78 valence electrons. The maximum absolute atomic E-state index is 12.3. The summed E-state index contributed by atoms with van der Waals surface area (Å²) in [4.78, 5) is 14.2. The molecule has 3 nitrogen and oxygen atoms in total. The lowest BCUT2D eigenvalue weighted by Gasteiger charge is -2.06. The molecule has 2 rings (SSSR count). The molecule has 0 saturated carbocycles. The Morgan fingerprint density at radius 2 is 2.13 bits per heavy atom. The summed E-state index contributed by atoms with van der Waals surface area (Å²) in [7, 11) is 0. The average Bonchev–Trinajstić information content (AvgIpc) is 2.58. The Bertz CT molecular complexity index is 516. The number of alkyl halides is 3. The average molecular weight is 214 g/mol. The van der Waals surface area contributed by atoms with Crippen molar-refractivity contribution in [2.24, 2.45) is 0 Å². The van der Waals surface area contributed by atoms with Crippen molar-refractivity contribution in [1.82, 2.24) is 9.38 Å². The van der Waals surface area contributed by atoms with Gasteiger partial charge in [0.05, 0.1) is 11.8 Å². The van der Waals surface area contributed by atoms with Crippen LogP contribution in [0.3, 0.4) is 0 Å². The Morgan fingerprint density at radius 3 is 2.73 bits per heavy atom. The van der Waals surface area contributed by atoms with Crippen LogP contribution in [0.15, 0.2) is 24.5 Å². The number of imidazole rings is 1. The van der Waals surface area contributed by atoms with E-state index in [2.05, 4.69) is 4.98 Å². The molecule has 6 heteroatoms. The maximum Gasteiger partial charge on any atom is 0.416 e. The smallest absolute Gasteiger partial charge is 0.297 e. The molecule has 0 amide bonds. The number of hydrogen-bond acceptors (Lipinski definition) is 2. The number of rotatable bonds is 1. The van der Waals surface area contributed by atoms with Gasteiger partial charge in [-0.25, -0.2) is 4.98 Å². The van der Waals surface area contributed by atoms with Gasteiger partial charge in [0.25, 0.3) is 0 Å². The summed E-state index contributed by atoms with van der Waals surface area (Å²) in [5.74, 6) is 0. The first-order chi connectivity index (χ1) is 7.02. The topological polar surface area (TPSA) is 34.4 Å². The van der Waals surface area contributed by atoms with E-state index >= 15 is 0 Å². The SMILES string of the molecule is O=Cc1cnc2cc(C(F)(F)F)ccn12. The molecular formula is C9H5F3N2O. The highest BCUT2D eigenvalue weighted by Gasteiger charge is 2.30. The molecule has 0 radical (unpaired) electrons. The largest absolute Gasteiger partial charge is 0.416 e. The second-order valence-electron chi connectivity index (χ2n) is 2.94. The van der Waals surface area contributed by atoms with Crippen LogP contribution >= 0.6 is 0 Å². The van der Waals surface area contributed by atoms with Crippen molar-refractivity contribution in [1.29, 1.82) is 0 Å². The van der Waals surface area contributed by atoms with E-state index in [1.807, 2.05) is 0 Å². The molecule has 15 heavy (non-hydrogen) atoms. The Kier molecular flexibility index (Phi) is 1.99. The van der Waals surface area contributed by atoms with Gasteiger partial charge in [-0.1, -0.05) is 0 Å². The molecule has 0 aromatic carbocycles. The van der Waals surface area contributed by atoms with Gasteiger partial charge in [-0.05, 0) is 12.1 Å². The van der Waals surface area contributed by atoms with Gasteiger partial charge in [0, 0.05) is 6.20 Å². The van der Waals surface area contributed by atoms with Crippen LogP contribution in [0, 0.1) is 0 Å². The highest BCUT2D eigenvalue weighted by atomic mass is 19.4. The first kappa shape index (κ1) is 9.70. The minimum Gasteiger partial charge on any atom is -0.297 e. The Balaban J connectivity index is 2.63. The van der Waals surface area contributed by atoms with Crippen molar-refractivity contribution in [2.45, 2.75) is 6.18 Å². The van der Waals surface area contributed by atoms with Crippen LogP contribution in [-0.4, -0.2) is 15.7 Å². The monoisotopic (exact) mass is 214 g/mol. The van der Waals surface area contributed by atoms with E-state index in [-0.39, 0.29) is 11.3 Å². The molecule has 0 spiro atoms. The standard InChI is InChI=1S/C9H5F3N2O/c10-9(11,12)6-1-2-14-7(5-15)4-13-8(14)3-6/h1-5H. The van der Waals surface area contributed by atoms with Crippen molar-refractivity contribution < 1.29 is 18.0 Å². The summed E-state index contributed by atoms with van der Waals surface area (Å²) in [6.07, 6.45) is -1.46. The van der Waals surface area contributed by atoms with E-state index in [1.165, 1.54) is 16.8 Å². The minimum atomic E-state index is -4.39. The van der Waals surface area contributed by atoms with Gasteiger partial charge in [0.1, 0.15) is 11.3 Å². The third-order valence-electron chi connectivity index (χ3n) is 1.99. The summed E-state index contributed by atoms with van der Waals surface area (Å²) in [6, 6.07) is 1.80. The second-order valence-corrected chi connectivity index (χ2v) is 2.94. The highest BCUT2D eigenvalue weighted by molar-refractivity contribution is 5.73. The predicted molar refractivity (Wildman–Crippen MR) is 45.6 cm³/mol. The molecule has 0 fully saturated rings. The third kappa shape index (κ3) is 1.58. The highest BCUT2D eigenvalue weighted by Crippen LogP contribution is 2.29. The lowest BCUT2D eigenvalue weighted by atomic mass is 10.2. The lowest BCUT2D eigenvalue weighted by molar-refractivity contribution is -0.137. The van der Waals surface area contributed by atoms with Gasteiger partial charge in [-0.15, -0.1) is 0 Å². The fraction of sp³-hybridized carbons (Fsp3) is 0.111. The Morgan fingerprint density at radius 1 is 1.40 bits per heavy atom. The van der Waals surface area contributed by atoms with Crippen molar-refractivity contribution in [3.63, 3.8) is 0 Å². The molecule has 0 aliphatic rings. The van der Waals surface area contributed by atoms with Gasteiger partial charge in [0.2, 0.25) is 0 Å². The van der Waals surface area contributed by atoms with Crippen LogP contribution in [-0.2, 0) is 6.18 Å². The van der Waals surface area contributed by atoms with Crippen molar-refractivity contribution in [3.8, 4) is 0 Å². The number of halogens is 3. The number of aromatic nitrogens is 2. The zero-order valence-corrected chi connectivity index (χ0v) is 7.32. The van der Waals surface area contributed by atoms with Crippen LogP contribution in [0.5, 0.6) is 0 Å². The fourth-order valence-corrected chi connectivity index (χ4v) is 1.26. The first-order valence-corrected chi connectivity index (χ1v) is 4.02. The summed E-state index contributed by atoms with van der Waals surface area (Å²) in [6.45, 7) is 0. The van der Waals surface area contributed by atoms with Gasteiger partial charge in [-0.2, -0.15) is 13.2 Å². The van der Waals surface area contributed by atoms with Crippen molar-refractivity contribution in [2.75, 3.05) is 0 Å². The number of fused-ring (bicyclic) bond motifs is 1. The van der Waals surface area contributed by atoms with Crippen molar-refractivity contribution >= 4 is 11.9 Å². The van der Waals surface area contributed by atoms with E-state index in [9.17, 15) is 18.0 Å². The lowest BCUT2D eigenvalue weighted by Crippen LogP contribution is -2.05. The summed E-state index contributed by atoms with van der Waals surface area (Å²) < 4.78 is 38.2. The Hall–Kier alpha value is -1.85. The maximum atomic E-state index is 12.3. The van der Waals surface area contributed by atoms with E-state index < -0.39 is 11.7 Å². The molecular weight excluding hydrogens is 209 g/mol. The molecule has 0 bridgehead atoms. The first-order valence-electron chi connectivity index (χ1n) is 4.02. The number of pyridine rings is 1. The van der Waals surface area contributed by atoms with Gasteiger partial charge in [0.15, 0.2) is 6.29 Å². The van der Waals surface area contributed by atoms with Crippen LogP contribution < -0.4 is 0 Å². The molecule has 2 heterocycles. The fourth-order valence-electron chi connectivity index (χ4n) is 1.26. The molecule has 0 atom stereocenters. The zero-order valence-electron chi connectivity index (χ0n) is 7.32. The van der Waals surface area contributed by atoms with Gasteiger partial charge >= 0.3 is 6.18 Å². The molecule has 2 aromatic rings. The van der Waals surface area contributed by atoms with Crippen molar-refractivity contribution in [3.05, 3.63) is 35.8 Å². The van der Waals surface area contributed by atoms with Crippen LogP contribution in [0.4, 0.5) is 13.2 Å². The number of aldehydes is 1. The second kappa shape index (κ2) is 3.08. The number of carbonyl (C=O) groups excluding carboxylic acids is 1. The molecule has 2 aromatic heterocycles. The predicted octanol–water partition coefficient (Wildman–Crippen LogP) is 2.17. The van der Waals surface area contributed by atoms with E-state index in [0.717, 1.165) is 12.1 Å². The summed E-state index contributed by atoms with van der Waals surface area (Å²) >= 11 is 0.